The second-order valence-corrected chi connectivity index (χ2v) is 4.86. The predicted octanol–water partition coefficient (Wildman–Crippen LogP) is 4.91. The summed E-state index contributed by atoms with van der Waals surface area (Å²) in [6, 6.07) is 13.6. The van der Waals surface area contributed by atoms with Crippen LogP contribution in [0.2, 0.25) is 0 Å². The first-order chi connectivity index (χ1) is 9.65. The number of nitrogens with zero attached hydrogens (tertiary/aromatic N) is 2. The van der Waals surface area contributed by atoms with E-state index in [0.29, 0.717) is 5.69 Å². The molecule has 0 fully saturated rings. The number of benzene rings is 2. The molecule has 0 saturated heterocycles. The number of aromatic amines is 1. The fourth-order valence-electron chi connectivity index (χ4n) is 2.16. The van der Waals surface area contributed by atoms with Gasteiger partial charge in [0.2, 0.25) is 5.88 Å². The molecule has 3 aromatic rings. The molecule has 0 unspecified atom stereocenters. The number of fused-ring (bicyclic) bond motifs is 1. The first kappa shape index (κ1) is 12.4. The highest BCUT2D eigenvalue weighted by molar-refractivity contribution is 5.95. The number of rotatable bonds is 2. The summed E-state index contributed by atoms with van der Waals surface area (Å²) in [5.74, 6) is 0.0464. The molecule has 1 heterocycles. The lowest BCUT2D eigenvalue weighted by Crippen LogP contribution is -1.73. The zero-order valence-electron chi connectivity index (χ0n) is 11.4. The Labute approximate surface area is 116 Å². The van der Waals surface area contributed by atoms with Crippen LogP contribution in [0.5, 0.6) is 5.88 Å². The molecule has 20 heavy (non-hydrogen) atoms. The molecule has 3 rings (SSSR count). The van der Waals surface area contributed by atoms with Crippen LogP contribution in [0.1, 0.15) is 11.1 Å². The number of azo groups is 1. The summed E-state index contributed by atoms with van der Waals surface area (Å²) in [6.07, 6.45) is 0. The van der Waals surface area contributed by atoms with Gasteiger partial charge in [-0.25, -0.2) is 0 Å². The van der Waals surface area contributed by atoms with E-state index in [0.717, 1.165) is 22.2 Å². The second-order valence-electron chi connectivity index (χ2n) is 4.86. The van der Waals surface area contributed by atoms with E-state index in [2.05, 4.69) is 15.2 Å². The van der Waals surface area contributed by atoms with Crippen LogP contribution in [0.25, 0.3) is 10.9 Å². The normalized spacial score (nSPS) is 11.5. The number of aromatic nitrogens is 1. The largest absolute Gasteiger partial charge is 0.493 e. The fourth-order valence-corrected chi connectivity index (χ4v) is 2.16. The summed E-state index contributed by atoms with van der Waals surface area (Å²) in [5.41, 5.74) is 4.37. The molecule has 0 spiro atoms. The van der Waals surface area contributed by atoms with Crippen LogP contribution in [0.3, 0.4) is 0 Å². The van der Waals surface area contributed by atoms with E-state index in [9.17, 15) is 5.11 Å². The highest BCUT2D eigenvalue weighted by Gasteiger charge is 2.11. The van der Waals surface area contributed by atoms with Crippen molar-refractivity contribution >= 4 is 22.3 Å². The standard InChI is InChI=1S/C16H15N3O/c1-10-6-8-12(9-7-10)18-19-15-13-5-3-4-11(2)14(13)17-16(15)20/h3-9,17,20H,1-2H3. The Hall–Kier alpha value is -2.62. The van der Waals surface area contributed by atoms with Crippen molar-refractivity contribution in [3.05, 3.63) is 53.6 Å². The van der Waals surface area contributed by atoms with Gasteiger partial charge < -0.3 is 10.1 Å². The van der Waals surface area contributed by atoms with E-state index in [1.54, 1.807) is 0 Å². The highest BCUT2D eigenvalue weighted by atomic mass is 16.3. The van der Waals surface area contributed by atoms with Crippen LogP contribution in [0, 0.1) is 13.8 Å². The average molecular weight is 265 g/mol. The first-order valence-electron chi connectivity index (χ1n) is 6.44. The van der Waals surface area contributed by atoms with Gasteiger partial charge in [-0.3, -0.25) is 0 Å². The van der Waals surface area contributed by atoms with Crippen LogP contribution in [-0.2, 0) is 0 Å². The van der Waals surface area contributed by atoms with Gasteiger partial charge in [-0.15, -0.1) is 5.11 Å². The summed E-state index contributed by atoms with van der Waals surface area (Å²) in [6.45, 7) is 4.01. The first-order valence-corrected chi connectivity index (χ1v) is 6.44. The molecule has 0 radical (unpaired) electrons. The van der Waals surface area contributed by atoms with Gasteiger partial charge in [0.15, 0.2) is 5.69 Å². The van der Waals surface area contributed by atoms with Crippen molar-refractivity contribution < 1.29 is 5.11 Å². The van der Waals surface area contributed by atoms with Gasteiger partial charge in [0.1, 0.15) is 0 Å². The van der Waals surface area contributed by atoms with Crippen LogP contribution in [-0.4, -0.2) is 10.1 Å². The Morgan fingerprint density at radius 2 is 1.70 bits per heavy atom. The Morgan fingerprint density at radius 1 is 0.950 bits per heavy atom. The monoisotopic (exact) mass is 265 g/mol. The Balaban J connectivity index is 2.04. The molecule has 2 aromatic carbocycles. The lowest BCUT2D eigenvalue weighted by atomic mass is 10.1. The predicted molar refractivity (Wildman–Crippen MR) is 80.1 cm³/mol. The summed E-state index contributed by atoms with van der Waals surface area (Å²) in [7, 11) is 0. The van der Waals surface area contributed by atoms with E-state index in [1.807, 2.05) is 56.3 Å². The van der Waals surface area contributed by atoms with Crippen molar-refractivity contribution in [3.8, 4) is 5.88 Å². The zero-order chi connectivity index (χ0) is 14.1. The van der Waals surface area contributed by atoms with Crippen molar-refractivity contribution in [1.82, 2.24) is 4.98 Å². The molecular weight excluding hydrogens is 250 g/mol. The van der Waals surface area contributed by atoms with Gasteiger partial charge in [0, 0.05) is 5.39 Å². The lowest BCUT2D eigenvalue weighted by Gasteiger charge is -1.95. The number of hydrogen-bond donors (Lipinski definition) is 2. The molecule has 0 aliphatic rings. The molecule has 100 valence electrons. The molecule has 0 amide bonds. The number of aryl methyl sites for hydroxylation is 2. The molecule has 0 aliphatic carbocycles. The second kappa shape index (κ2) is 4.81. The quantitative estimate of drug-likeness (QED) is 0.636. The van der Waals surface area contributed by atoms with Gasteiger partial charge in [0.05, 0.1) is 11.2 Å². The minimum Gasteiger partial charge on any atom is -0.493 e. The van der Waals surface area contributed by atoms with Crippen LogP contribution >= 0.6 is 0 Å². The van der Waals surface area contributed by atoms with Crippen molar-refractivity contribution in [2.24, 2.45) is 10.2 Å². The molecule has 0 bridgehead atoms. The minimum absolute atomic E-state index is 0.0464. The Morgan fingerprint density at radius 3 is 2.45 bits per heavy atom. The number of aromatic hydroxyl groups is 1. The molecular formula is C16H15N3O. The van der Waals surface area contributed by atoms with E-state index >= 15 is 0 Å². The van der Waals surface area contributed by atoms with E-state index in [1.165, 1.54) is 5.56 Å². The third kappa shape index (κ3) is 2.16. The minimum atomic E-state index is 0.0464. The third-order valence-corrected chi connectivity index (χ3v) is 3.30. The fraction of sp³-hybridized carbons (Fsp3) is 0.125. The number of para-hydroxylation sites is 1. The SMILES string of the molecule is Cc1ccc(N=Nc2c(O)[nH]c3c(C)cccc23)cc1. The lowest BCUT2D eigenvalue weighted by molar-refractivity contribution is 0.459. The van der Waals surface area contributed by atoms with Crippen molar-refractivity contribution in [2.45, 2.75) is 13.8 Å². The maximum atomic E-state index is 9.97. The average Bonchev–Trinajstić information content (AvgIpc) is 2.76. The smallest absolute Gasteiger partial charge is 0.218 e. The Kier molecular flexibility index (Phi) is 2.99. The molecule has 1 aromatic heterocycles. The summed E-state index contributed by atoms with van der Waals surface area (Å²) >= 11 is 0. The van der Waals surface area contributed by atoms with Gasteiger partial charge in [-0.2, -0.15) is 5.11 Å². The maximum Gasteiger partial charge on any atom is 0.218 e. The summed E-state index contributed by atoms with van der Waals surface area (Å²) in [4.78, 5) is 2.94. The van der Waals surface area contributed by atoms with Gasteiger partial charge in [0.25, 0.3) is 0 Å². The van der Waals surface area contributed by atoms with E-state index in [-0.39, 0.29) is 5.88 Å². The van der Waals surface area contributed by atoms with Crippen LogP contribution in [0.15, 0.2) is 52.7 Å². The van der Waals surface area contributed by atoms with Gasteiger partial charge in [-0.1, -0.05) is 35.9 Å². The molecule has 0 aliphatic heterocycles. The topological polar surface area (TPSA) is 60.7 Å². The maximum absolute atomic E-state index is 9.97. The molecule has 0 atom stereocenters. The van der Waals surface area contributed by atoms with E-state index < -0.39 is 0 Å². The summed E-state index contributed by atoms with van der Waals surface area (Å²) in [5, 5.41) is 19.2. The van der Waals surface area contributed by atoms with E-state index in [4.69, 9.17) is 0 Å². The molecule has 2 N–H and O–H groups in total. The summed E-state index contributed by atoms with van der Waals surface area (Å²) < 4.78 is 0. The van der Waals surface area contributed by atoms with Crippen molar-refractivity contribution in [3.63, 3.8) is 0 Å². The molecule has 0 saturated carbocycles. The highest BCUT2D eigenvalue weighted by Crippen LogP contribution is 2.37. The number of H-pyrrole nitrogens is 1. The van der Waals surface area contributed by atoms with Crippen LogP contribution in [0.4, 0.5) is 11.4 Å². The van der Waals surface area contributed by atoms with Crippen LogP contribution < -0.4 is 0 Å². The number of nitrogens with one attached hydrogen (secondary N) is 1. The van der Waals surface area contributed by atoms with Gasteiger partial charge >= 0.3 is 0 Å². The van der Waals surface area contributed by atoms with Gasteiger partial charge in [-0.05, 0) is 31.5 Å². The van der Waals surface area contributed by atoms with Crippen molar-refractivity contribution in [2.75, 3.05) is 0 Å². The Bertz CT molecular complexity index is 785. The zero-order valence-corrected chi connectivity index (χ0v) is 11.4. The van der Waals surface area contributed by atoms with Crippen molar-refractivity contribution in [1.29, 1.82) is 0 Å². The number of hydrogen-bond acceptors (Lipinski definition) is 3. The molecule has 4 heteroatoms. The third-order valence-electron chi connectivity index (χ3n) is 3.30. The molecule has 4 nitrogen and oxygen atoms in total.